The summed E-state index contributed by atoms with van der Waals surface area (Å²) in [7, 11) is 3.31. The third-order valence-corrected chi connectivity index (χ3v) is 8.55. The van der Waals surface area contributed by atoms with E-state index >= 15 is 0 Å². The van der Waals surface area contributed by atoms with Gasteiger partial charge in [0, 0.05) is 45.1 Å². The second-order valence-electron chi connectivity index (χ2n) is 14.2. The molecule has 2 rings (SSSR count). The van der Waals surface area contributed by atoms with E-state index < -0.39 is 23.8 Å². The second kappa shape index (κ2) is 19.3. The Labute approximate surface area is 272 Å². The molecular formula is C36H61NO8. The highest BCUT2D eigenvalue weighted by atomic mass is 16.6. The van der Waals surface area contributed by atoms with Gasteiger partial charge in [0.05, 0.1) is 32.0 Å². The molecule has 0 unspecified atom stereocenters. The number of nitrogens with one attached hydrogen (secondary N) is 1. The summed E-state index contributed by atoms with van der Waals surface area (Å²) in [5.74, 6) is 1.66. The number of rotatable bonds is 20. The van der Waals surface area contributed by atoms with E-state index in [1.807, 2.05) is 52.8 Å². The van der Waals surface area contributed by atoms with Crippen molar-refractivity contribution in [3.8, 4) is 11.5 Å². The number of ketones is 1. The first-order valence-electron chi connectivity index (χ1n) is 16.8. The van der Waals surface area contributed by atoms with Gasteiger partial charge in [-0.3, -0.25) is 4.79 Å². The van der Waals surface area contributed by atoms with Crippen molar-refractivity contribution in [1.82, 2.24) is 5.32 Å². The van der Waals surface area contributed by atoms with Gasteiger partial charge < -0.3 is 34.1 Å². The number of methoxy groups -OCH3 is 2. The van der Waals surface area contributed by atoms with Gasteiger partial charge in [-0.1, -0.05) is 27.7 Å². The van der Waals surface area contributed by atoms with Crippen molar-refractivity contribution >= 4 is 11.9 Å². The maximum atomic E-state index is 13.4. The number of carbonyl (C=O) groups is 2. The van der Waals surface area contributed by atoms with Gasteiger partial charge in [0.1, 0.15) is 22.9 Å². The van der Waals surface area contributed by atoms with E-state index in [0.29, 0.717) is 44.6 Å². The zero-order valence-corrected chi connectivity index (χ0v) is 29.4. The fourth-order valence-corrected chi connectivity index (χ4v) is 5.89. The molecule has 45 heavy (non-hydrogen) atoms. The van der Waals surface area contributed by atoms with Gasteiger partial charge >= 0.3 is 6.09 Å². The number of Topliss-reactive ketones (excluding diaryl/α,β-unsaturated/α-hetero) is 1. The summed E-state index contributed by atoms with van der Waals surface area (Å²) < 4.78 is 28.0. The van der Waals surface area contributed by atoms with Crippen LogP contribution >= 0.6 is 0 Å². The Morgan fingerprint density at radius 3 is 2.31 bits per heavy atom. The summed E-state index contributed by atoms with van der Waals surface area (Å²) >= 11 is 0. The highest BCUT2D eigenvalue weighted by Gasteiger charge is 2.33. The molecule has 0 spiro atoms. The molecule has 0 bridgehead atoms. The van der Waals surface area contributed by atoms with Crippen molar-refractivity contribution in [2.24, 2.45) is 23.7 Å². The van der Waals surface area contributed by atoms with Gasteiger partial charge in [-0.15, -0.1) is 0 Å². The van der Waals surface area contributed by atoms with Crippen LogP contribution < -0.4 is 14.8 Å². The van der Waals surface area contributed by atoms with Crippen molar-refractivity contribution < 1.29 is 38.4 Å². The molecule has 1 aromatic carbocycles. The van der Waals surface area contributed by atoms with E-state index in [1.54, 1.807) is 14.2 Å². The molecule has 0 aromatic heterocycles. The predicted molar refractivity (Wildman–Crippen MR) is 177 cm³/mol. The lowest BCUT2D eigenvalue weighted by Gasteiger charge is -2.33. The summed E-state index contributed by atoms with van der Waals surface area (Å²) in [5.41, 5.74) is 0.361. The van der Waals surface area contributed by atoms with Gasteiger partial charge in [0.15, 0.2) is 0 Å². The number of benzene rings is 1. The van der Waals surface area contributed by atoms with Crippen LogP contribution in [0.4, 0.5) is 4.79 Å². The molecule has 1 aromatic rings. The summed E-state index contributed by atoms with van der Waals surface area (Å²) in [6, 6.07) is 5.30. The second-order valence-corrected chi connectivity index (χ2v) is 14.2. The Hall–Kier alpha value is -2.36. The zero-order valence-electron chi connectivity index (χ0n) is 29.4. The first kappa shape index (κ1) is 38.8. The maximum absolute atomic E-state index is 13.4. The molecular weight excluding hydrogens is 574 g/mol. The first-order valence-corrected chi connectivity index (χ1v) is 16.8. The van der Waals surface area contributed by atoms with E-state index in [2.05, 4.69) is 19.2 Å². The lowest BCUT2D eigenvalue weighted by molar-refractivity contribution is -0.126. The number of hydrogen-bond acceptors (Lipinski definition) is 8. The minimum Gasteiger partial charge on any atom is -0.497 e. The maximum Gasteiger partial charge on any atom is 0.407 e. The molecule has 1 saturated heterocycles. The molecule has 0 aliphatic carbocycles. The van der Waals surface area contributed by atoms with Crippen molar-refractivity contribution in [3.05, 3.63) is 23.8 Å². The summed E-state index contributed by atoms with van der Waals surface area (Å²) in [6.07, 6.45) is 4.08. The smallest absolute Gasteiger partial charge is 0.407 e. The van der Waals surface area contributed by atoms with Crippen LogP contribution in [0.5, 0.6) is 11.5 Å². The van der Waals surface area contributed by atoms with Crippen LogP contribution in [0.3, 0.4) is 0 Å². The molecule has 0 saturated carbocycles. The lowest BCUT2D eigenvalue weighted by atomic mass is 9.79. The molecule has 1 amide bonds. The molecule has 1 heterocycles. The van der Waals surface area contributed by atoms with Crippen molar-refractivity contribution in [2.75, 3.05) is 34.0 Å². The molecule has 258 valence electrons. The number of amides is 1. The quantitative estimate of drug-likeness (QED) is 0.151. The molecule has 2 N–H and O–H groups in total. The number of aliphatic hydroxyl groups excluding tert-OH is 1. The van der Waals surface area contributed by atoms with Gasteiger partial charge in [0.2, 0.25) is 0 Å². The highest BCUT2D eigenvalue weighted by molar-refractivity contribution is 5.81. The molecule has 1 fully saturated rings. The van der Waals surface area contributed by atoms with Crippen LogP contribution in [0, 0.1) is 23.7 Å². The van der Waals surface area contributed by atoms with Gasteiger partial charge in [0.25, 0.3) is 0 Å². The van der Waals surface area contributed by atoms with Crippen LogP contribution in [0.15, 0.2) is 18.2 Å². The lowest BCUT2D eigenvalue weighted by Crippen LogP contribution is -2.48. The highest BCUT2D eigenvalue weighted by Crippen LogP contribution is 2.31. The molecule has 9 heteroatoms. The van der Waals surface area contributed by atoms with Crippen LogP contribution in [-0.2, 0) is 25.4 Å². The normalized spacial score (nSPS) is 18.0. The average molecular weight is 636 g/mol. The van der Waals surface area contributed by atoms with E-state index in [9.17, 15) is 14.7 Å². The summed E-state index contributed by atoms with van der Waals surface area (Å²) in [4.78, 5) is 26.4. The first-order chi connectivity index (χ1) is 21.2. The van der Waals surface area contributed by atoms with Gasteiger partial charge in [-0.05, 0) is 94.7 Å². The molecule has 1 aliphatic rings. The van der Waals surface area contributed by atoms with Crippen LogP contribution in [0.25, 0.3) is 0 Å². The number of carbonyl (C=O) groups excluding carboxylic acids is 2. The van der Waals surface area contributed by atoms with E-state index in [0.717, 1.165) is 37.2 Å². The van der Waals surface area contributed by atoms with Crippen molar-refractivity contribution in [1.29, 1.82) is 0 Å². The zero-order chi connectivity index (χ0) is 33.6. The van der Waals surface area contributed by atoms with E-state index in [4.69, 9.17) is 23.7 Å². The Morgan fingerprint density at radius 2 is 1.73 bits per heavy atom. The fourth-order valence-electron chi connectivity index (χ4n) is 5.89. The minimum atomic E-state index is -0.928. The van der Waals surface area contributed by atoms with E-state index in [1.165, 1.54) is 0 Å². The number of alkyl carbamates (subject to hydrolysis) is 1. The number of hydrogen-bond donors (Lipinski definition) is 2. The molecule has 5 atom stereocenters. The average Bonchev–Trinajstić information content (AvgIpc) is 3.48. The fraction of sp³-hybridized carbons (Fsp3) is 0.778. The van der Waals surface area contributed by atoms with E-state index in [-0.39, 0.29) is 42.0 Å². The van der Waals surface area contributed by atoms with Gasteiger partial charge in [-0.2, -0.15) is 0 Å². The standard InChI is InChI=1S/C36H61NO8/c1-24(2)27(18-26-19-29(42-9)22-30(20-26)44-17-11-15-41-8)21-32(37-35(40)45-36(5,6)7)34(39)23-31(25(3)4)33(38)14-13-28-12-10-16-43-28/h19-20,22,24-25,27-28,31-32,34,39H,10-18,21,23H2,1-9H3,(H,37,40)/t27-,28-,31-,32-,34-/m0/s1. The molecule has 0 radical (unpaired) electrons. The number of ether oxygens (including phenoxy) is 5. The monoisotopic (exact) mass is 635 g/mol. The minimum absolute atomic E-state index is 0.0545. The Bertz CT molecular complexity index is 1010. The Balaban J connectivity index is 2.24. The predicted octanol–water partition coefficient (Wildman–Crippen LogP) is 6.76. The third-order valence-electron chi connectivity index (χ3n) is 8.55. The SMILES string of the molecule is COCCCOc1cc(C[C@@H](C[C@H](NC(=O)OC(C)(C)C)[C@@H](O)C[C@H](C(=O)CC[C@@H]2CCCO2)C(C)C)C(C)C)cc(OC)c1. The largest absolute Gasteiger partial charge is 0.497 e. The van der Waals surface area contributed by atoms with Crippen molar-refractivity contribution in [3.63, 3.8) is 0 Å². The Kier molecular flexibility index (Phi) is 16.7. The van der Waals surface area contributed by atoms with Gasteiger partial charge in [-0.25, -0.2) is 4.79 Å². The number of aliphatic hydroxyl groups is 1. The Morgan fingerprint density at radius 1 is 1.02 bits per heavy atom. The van der Waals surface area contributed by atoms with Crippen LogP contribution in [-0.4, -0.2) is 74.9 Å². The summed E-state index contributed by atoms with van der Waals surface area (Å²) in [6.45, 7) is 15.7. The van der Waals surface area contributed by atoms with Crippen LogP contribution in [0.1, 0.15) is 99.0 Å². The molecule has 1 aliphatic heterocycles. The third kappa shape index (κ3) is 14.7. The summed E-state index contributed by atoms with van der Waals surface area (Å²) in [5, 5.41) is 14.6. The van der Waals surface area contributed by atoms with Crippen molar-refractivity contribution in [2.45, 2.75) is 124 Å². The topological polar surface area (TPSA) is 113 Å². The van der Waals surface area contributed by atoms with Crippen LogP contribution in [0.2, 0.25) is 0 Å². The molecule has 9 nitrogen and oxygen atoms in total.